The molecule has 1 unspecified atom stereocenters. The summed E-state index contributed by atoms with van der Waals surface area (Å²) in [6.07, 6.45) is 2.96. The summed E-state index contributed by atoms with van der Waals surface area (Å²) in [5.74, 6) is 0.571. The van der Waals surface area contributed by atoms with Crippen LogP contribution in [0.4, 0.5) is 0 Å². The van der Waals surface area contributed by atoms with Crippen molar-refractivity contribution in [1.29, 1.82) is 0 Å². The van der Waals surface area contributed by atoms with E-state index in [-0.39, 0.29) is 18.1 Å². The summed E-state index contributed by atoms with van der Waals surface area (Å²) < 4.78 is 5.73. The Kier molecular flexibility index (Phi) is 7.06. The monoisotopic (exact) mass is 332 g/mol. The molecule has 1 fully saturated rings. The molecular weight excluding hydrogens is 304 g/mol. The number of amides is 1. The maximum absolute atomic E-state index is 11.9. The minimum absolute atomic E-state index is 0.0443. The van der Waals surface area contributed by atoms with Gasteiger partial charge in [-0.3, -0.25) is 9.79 Å². The van der Waals surface area contributed by atoms with Gasteiger partial charge in [-0.2, -0.15) is 0 Å². The van der Waals surface area contributed by atoms with Gasteiger partial charge in [0.05, 0.1) is 12.1 Å². The predicted octanol–water partition coefficient (Wildman–Crippen LogP) is 1.08. The molecule has 0 aliphatic carbocycles. The van der Waals surface area contributed by atoms with Crippen molar-refractivity contribution in [3.05, 3.63) is 35.9 Å². The average Bonchev–Trinajstić information content (AvgIpc) is 3.03. The summed E-state index contributed by atoms with van der Waals surface area (Å²) in [6.45, 7) is 4.42. The normalized spacial score (nSPS) is 20.7. The number of benzene rings is 1. The summed E-state index contributed by atoms with van der Waals surface area (Å²) in [7, 11) is 1.69. The van der Waals surface area contributed by atoms with Crippen LogP contribution in [-0.2, 0) is 16.0 Å². The molecule has 6 heteroatoms. The van der Waals surface area contributed by atoms with Crippen LogP contribution in [0.2, 0.25) is 0 Å². The van der Waals surface area contributed by atoms with Crippen LogP contribution < -0.4 is 16.0 Å². The molecule has 24 heavy (non-hydrogen) atoms. The van der Waals surface area contributed by atoms with E-state index in [0.717, 1.165) is 25.9 Å². The van der Waals surface area contributed by atoms with E-state index in [4.69, 9.17) is 4.74 Å². The molecule has 132 valence electrons. The standard InChI is InChI=1S/C18H28N4O2/c1-18(10-6-12-24-18)14-22-17(19-2)21-13-16(23)20-11-9-15-7-4-3-5-8-15/h3-5,7-8H,6,9-14H2,1-2H3,(H,20,23)(H2,19,21,22). The van der Waals surface area contributed by atoms with Gasteiger partial charge in [0.25, 0.3) is 0 Å². The molecular formula is C18H28N4O2. The topological polar surface area (TPSA) is 74.8 Å². The molecule has 6 nitrogen and oxygen atoms in total. The number of nitrogens with zero attached hydrogens (tertiary/aromatic N) is 1. The summed E-state index contributed by atoms with van der Waals surface area (Å²) in [5.41, 5.74) is 1.07. The van der Waals surface area contributed by atoms with Gasteiger partial charge in [-0.15, -0.1) is 0 Å². The van der Waals surface area contributed by atoms with Crippen LogP contribution >= 0.6 is 0 Å². The quantitative estimate of drug-likeness (QED) is 0.516. The fourth-order valence-corrected chi connectivity index (χ4v) is 2.69. The molecule has 0 radical (unpaired) electrons. The highest BCUT2D eigenvalue weighted by molar-refractivity contribution is 5.86. The van der Waals surface area contributed by atoms with Crippen molar-refractivity contribution in [1.82, 2.24) is 16.0 Å². The van der Waals surface area contributed by atoms with Gasteiger partial charge in [0.15, 0.2) is 5.96 Å². The van der Waals surface area contributed by atoms with Gasteiger partial charge in [0.2, 0.25) is 5.91 Å². The number of ether oxygens (including phenoxy) is 1. The second-order valence-corrected chi connectivity index (χ2v) is 6.27. The Morgan fingerprint density at radius 2 is 2.04 bits per heavy atom. The van der Waals surface area contributed by atoms with E-state index in [9.17, 15) is 4.79 Å². The number of aliphatic imine (C=N–C) groups is 1. The van der Waals surface area contributed by atoms with Gasteiger partial charge in [-0.25, -0.2) is 0 Å². The molecule has 1 aliphatic heterocycles. The maximum atomic E-state index is 11.9. The van der Waals surface area contributed by atoms with Crippen LogP contribution in [0.1, 0.15) is 25.3 Å². The van der Waals surface area contributed by atoms with Crippen molar-refractivity contribution in [2.24, 2.45) is 4.99 Å². The maximum Gasteiger partial charge on any atom is 0.239 e. The third-order valence-corrected chi connectivity index (χ3v) is 4.15. The Morgan fingerprint density at radius 1 is 1.25 bits per heavy atom. The number of hydrogen-bond acceptors (Lipinski definition) is 3. The first-order valence-electron chi connectivity index (χ1n) is 8.50. The zero-order valence-corrected chi connectivity index (χ0v) is 14.6. The molecule has 0 spiro atoms. The Bertz CT molecular complexity index is 539. The van der Waals surface area contributed by atoms with Crippen LogP contribution in [0.15, 0.2) is 35.3 Å². The summed E-state index contributed by atoms with van der Waals surface area (Å²) in [6, 6.07) is 10.1. The highest BCUT2D eigenvalue weighted by atomic mass is 16.5. The lowest BCUT2D eigenvalue weighted by Crippen LogP contribution is -2.48. The minimum atomic E-state index is -0.143. The molecule has 1 aromatic carbocycles. The first-order chi connectivity index (χ1) is 11.6. The predicted molar refractivity (Wildman–Crippen MR) is 96.1 cm³/mol. The average molecular weight is 332 g/mol. The molecule has 0 bridgehead atoms. The summed E-state index contributed by atoms with van der Waals surface area (Å²) >= 11 is 0. The first kappa shape index (κ1) is 18.3. The third-order valence-electron chi connectivity index (χ3n) is 4.15. The van der Waals surface area contributed by atoms with E-state index < -0.39 is 0 Å². The van der Waals surface area contributed by atoms with Crippen LogP contribution in [0.5, 0.6) is 0 Å². The van der Waals surface area contributed by atoms with Gasteiger partial charge in [-0.05, 0) is 31.7 Å². The van der Waals surface area contributed by atoms with Crippen molar-refractivity contribution >= 4 is 11.9 Å². The van der Waals surface area contributed by atoms with E-state index in [1.54, 1.807) is 7.05 Å². The largest absolute Gasteiger partial charge is 0.373 e. The van der Waals surface area contributed by atoms with Crippen LogP contribution in [0.3, 0.4) is 0 Å². The zero-order valence-electron chi connectivity index (χ0n) is 14.6. The van der Waals surface area contributed by atoms with Gasteiger partial charge in [0, 0.05) is 26.7 Å². The summed E-state index contributed by atoms with van der Waals surface area (Å²) in [4.78, 5) is 16.0. The van der Waals surface area contributed by atoms with Crippen LogP contribution in [0, 0.1) is 0 Å². The lowest BCUT2D eigenvalue weighted by molar-refractivity contribution is -0.119. The molecule has 0 saturated carbocycles. The van der Waals surface area contributed by atoms with E-state index in [0.29, 0.717) is 19.0 Å². The fraction of sp³-hybridized carbons (Fsp3) is 0.556. The number of rotatable bonds is 7. The van der Waals surface area contributed by atoms with E-state index in [2.05, 4.69) is 40.0 Å². The second kappa shape index (κ2) is 9.27. The van der Waals surface area contributed by atoms with Crippen molar-refractivity contribution < 1.29 is 9.53 Å². The van der Waals surface area contributed by atoms with Gasteiger partial charge in [-0.1, -0.05) is 30.3 Å². The zero-order chi connectivity index (χ0) is 17.3. The number of guanidine groups is 1. The minimum Gasteiger partial charge on any atom is -0.373 e. The van der Waals surface area contributed by atoms with E-state index in [1.165, 1.54) is 5.56 Å². The fourth-order valence-electron chi connectivity index (χ4n) is 2.69. The smallest absolute Gasteiger partial charge is 0.239 e. The molecule has 2 rings (SSSR count). The molecule has 1 aliphatic rings. The lowest BCUT2D eigenvalue weighted by Gasteiger charge is -2.24. The van der Waals surface area contributed by atoms with Crippen LogP contribution in [-0.4, -0.2) is 50.8 Å². The van der Waals surface area contributed by atoms with Crippen molar-refractivity contribution in [2.75, 3.05) is 33.3 Å². The van der Waals surface area contributed by atoms with Gasteiger partial charge >= 0.3 is 0 Å². The van der Waals surface area contributed by atoms with Gasteiger partial charge in [0.1, 0.15) is 0 Å². The molecule has 3 N–H and O–H groups in total. The first-order valence-corrected chi connectivity index (χ1v) is 8.50. The Balaban J connectivity index is 1.62. The number of carbonyl (C=O) groups is 1. The van der Waals surface area contributed by atoms with Crippen molar-refractivity contribution in [3.63, 3.8) is 0 Å². The molecule has 1 heterocycles. The highest BCUT2D eigenvalue weighted by Crippen LogP contribution is 2.23. The van der Waals surface area contributed by atoms with E-state index in [1.807, 2.05) is 18.2 Å². The molecule has 0 aromatic heterocycles. The molecule has 1 amide bonds. The van der Waals surface area contributed by atoms with Gasteiger partial charge < -0.3 is 20.7 Å². The molecule has 1 atom stereocenters. The third kappa shape index (κ3) is 6.20. The molecule has 1 saturated heterocycles. The lowest BCUT2D eigenvalue weighted by atomic mass is 10.0. The summed E-state index contributed by atoms with van der Waals surface area (Å²) in [5, 5.41) is 9.16. The van der Waals surface area contributed by atoms with Crippen molar-refractivity contribution in [3.8, 4) is 0 Å². The molecule has 1 aromatic rings. The van der Waals surface area contributed by atoms with Crippen LogP contribution in [0.25, 0.3) is 0 Å². The second-order valence-electron chi connectivity index (χ2n) is 6.27. The van der Waals surface area contributed by atoms with E-state index >= 15 is 0 Å². The SMILES string of the molecule is CN=C(NCC(=O)NCCc1ccccc1)NCC1(C)CCCO1. The number of carbonyl (C=O) groups excluding carboxylic acids is 1. The Hall–Kier alpha value is -2.08. The number of nitrogens with one attached hydrogen (secondary N) is 3. The Labute approximate surface area is 144 Å². The number of hydrogen-bond donors (Lipinski definition) is 3. The Morgan fingerprint density at radius 3 is 2.71 bits per heavy atom. The van der Waals surface area contributed by atoms with Crippen molar-refractivity contribution in [2.45, 2.75) is 31.8 Å². The highest BCUT2D eigenvalue weighted by Gasteiger charge is 2.29.